The van der Waals surface area contributed by atoms with Gasteiger partial charge in [0, 0.05) is 36.3 Å². The smallest absolute Gasteiger partial charge is 0.0705 e. The molecule has 1 aromatic heterocycles. The quantitative estimate of drug-likeness (QED) is 0.940. The van der Waals surface area contributed by atoms with Crippen LogP contribution in [0, 0.1) is 6.92 Å². The molecule has 2 atom stereocenters. The Morgan fingerprint density at radius 3 is 2.90 bits per heavy atom. The number of hydrogen-bond donors (Lipinski definition) is 1. The standard InChI is InChI=1S/C18H25N3/c1-13-6-8-16-10-15(7-9-18(16)20-13)12-21-14(2)4-3-5-17(21)11-19/h6-10,14,17H,3-5,11-12,19H2,1-2H3. The Balaban J connectivity index is 1.84. The topological polar surface area (TPSA) is 42.1 Å². The maximum absolute atomic E-state index is 5.97. The number of rotatable bonds is 3. The molecule has 0 spiro atoms. The maximum Gasteiger partial charge on any atom is 0.0705 e. The third-order valence-electron chi connectivity index (χ3n) is 4.72. The van der Waals surface area contributed by atoms with E-state index in [1.807, 2.05) is 6.92 Å². The second-order valence-corrected chi connectivity index (χ2v) is 6.32. The average Bonchev–Trinajstić information content (AvgIpc) is 2.49. The molecule has 0 bridgehead atoms. The monoisotopic (exact) mass is 283 g/mol. The Labute approximate surface area is 127 Å². The van der Waals surface area contributed by atoms with Crippen LogP contribution in [0.25, 0.3) is 10.9 Å². The fourth-order valence-electron chi connectivity index (χ4n) is 3.46. The van der Waals surface area contributed by atoms with Gasteiger partial charge in [-0.2, -0.15) is 0 Å². The summed E-state index contributed by atoms with van der Waals surface area (Å²) in [5.41, 5.74) is 9.48. The first-order chi connectivity index (χ1) is 10.2. The maximum atomic E-state index is 5.97. The fourth-order valence-corrected chi connectivity index (χ4v) is 3.46. The normalized spacial score (nSPS) is 23.6. The van der Waals surface area contributed by atoms with Gasteiger partial charge < -0.3 is 5.73 Å². The van der Waals surface area contributed by atoms with E-state index in [1.165, 1.54) is 30.2 Å². The molecular formula is C18H25N3. The van der Waals surface area contributed by atoms with Crippen LogP contribution in [0.3, 0.4) is 0 Å². The molecule has 3 nitrogen and oxygen atoms in total. The molecule has 3 heteroatoms. The molecule has 1 aromatic carbocycles. The largest absolute Gasteiger partial charge is 0.329 e. The van der Waals surface area contributed by atoms with Gasteiger partial charge in [-0.3, -0.25) is 9.88 Å². The second-order valence-electron chi connectivity index (χ2n) is 6.32. The van der Waals surface area contributed by atoms with Crippen LogP contribution in [0.2, 0.25) is 0 Å². The molecule has 112 valence electrons. The third kappa shape index (κ3) is 3.09. The molecule has 0 saturated carbocycles. The summed E-state index contributed by atoms with van der Waals surface area (Å²) in [6.45, 7) is 6.12. The van der Waals surface area contributed by atoms with Crippen LogP contribution in [0.15, 0.2) is 30.3 Å². The Kier molecular flexibility index (Phi) is 4.22. The van der Waals surface area contributed by atoms with Crippen molar-refractivity contribution in [2.45, 2.75) is 51.7 Å². The molecular weight excluding hydrogens is 258 g/mol. The van der Waals surface area contributed by atoms with Gasteiger partial charge in [0.05, 0.1) is 5.52 Å². The summed E-state index contributed by atoms with van der Waals surface area (Å²) in [6, 6.07) is 12.0. The molecule has 0 radical (unpaired) electrons. The zero-order chi connectivity index (χ0) is 14.8. The molecule has 0 aliphatic carbocycles. The van der Waals surface area contributed by atoms with Gasteiger partial charge in [-0.05, 0) is 50.5 Å². The van der Waals surface area contributed by atoms with Crippen LogP contribution >= 0.6 is 0 Å². The Morgan fingerprint density at radius 2 is 2.10 bits per heavy atom. The number of hydrogen-bond acceptors (Lipinski definition) is 3. The van der Waals surface area contributed by atoms with Crippen molar-refractivity contribution >= 4 is 10.9 Å². The van der Waals surface area contributed by atoms with Crippen molar-refractivity contribution in [2.24, 2.45) is 5.73 Å². The van der Waals surface area contributed by atoms with Crippen LogP contribution < -0.4 is 5.73 Å². The zero-order valence-electron chi connectivity index (χ0n) is 13.0. The number of piperidine rings is 1. The molecule has 1 saturated heterocycles. The van der Waals surface area contributed by atoms with E-state index < -0.39 is 0 Å². The van der Waals surface area contributed by atoms with Gasteiger partial charge in [-0.25, -0.2) is 0 Å². The minimum Gasteiger partial charge on any atom is -0.329 e. The van der Waals surface area contributed by atoms with Gasteiger partial charge >= 0.3 is 0 Å². The Bertz CT molecular complexity index is 623. The van der Waals surface area contributed by atoms with Crippen molar-refractivity contribution in [3.8, 4) is 0 Å². The van der Waals surface area contributed by atoms with E-state index in [9.17, 15) is 0 Å². The number of pyridine rings is 1. The zero-order valence-corrected chi connectivity index (χ0v) is 13.0. The van der Waals surface area contributed by atoms with E-state index in [0.29, 0.717) is 12.1 Å². The SMILES string of the molecule is Cc1ccc2cc(CN3C(C)CCCC3CN)ccc2n1. The summed E-state index contributed by atoms with van der Waals surface area (Å²) in [7, 11) is 0. The van der Waals surface area contributed by atoms with Crippen LogP contribution in [-0.4, -0.2) is 28.5 Å². The summed E-state index contributed by atoms with van der Waals surface area (Å²) in [5.74, 6) is 0. The summed E-state index contributed by atoms with van der Waals surface area (Å²) >= 11 is 0. The minimum absolute atomic E-state index is 0.528. The van der Waals surface area contributed by atoms with Crippen molar-refractivity contribution in [1.82, 2.24) is 9.88 Å². The van der Waals surface area contributed by atoms with Gasteiger partial charge in [0.15, 0.2) is 0 Å². The van der Waals surface area contributed by atoms with Crippen LogP contribution in [-0.2, 0) is 6.54 Å². The van der Waals surface area contributed by atoms with Crippen molar-refractivity contribution in [3.63, 3.8) is 0 Å². The van der Waals surface area contributed by atoms with E-state index in [4.69, 9.17) is 5.73 Å². The number of likely N-dealkylation sites (tertiary alicyclic amines) is 1. The van der Waals surface area contributed by atoms with E-state index >= 15 is 0 Å². The number of nitrogens with two attached hydrogens (primary N) is 1. The molecule has 1 aliphatic heterocycles. The molecule has 3 rings (SSSR count). The molecule has 1 aliphatic rings. The first-order valence-corrected chi connectivity index (χ1v) is 7.99. The van der Waals surface area contributed by atoms with Gasteiger partial charge in [0.2, 0.25) is 0 Å². The lowest BCUT2D eigenvalue weighted by Gasteiger charge is -2.40. The third-order valence-corrected chi connectivity index (χ3v) is 4.72. The van der Waals surface area contributed by atoms with Crippen molar-refractivity contribution in [1.29, 1.82) is 0 Å². The molecule has 2 aromatic rings. The van der Waals surface area contributed by atoms with Crippen LogP contribution in [0.1, 0.15) is 37.4 Å². The Hall–Kier alpha value is -1.45. The Morgan fingerprint density at radius 1 is 1.24 bits per heavy atom. The highest BCUT2D eigenvalue weighted by Gasteiger charge is 2.26. The number of nitrogens with zero attached hydrogens (tertiary/aromatic N) is 2. The predicted octanol–water partition coefficient (Wildman–Crippen LogP) is 3.24. The number of aromatic nitrogens is 1. The van der Waals surface area contributed by atoms with Gasteiger partial charge in [-0.1, -0.05) is 18.6 Å². The second kappa shape index (κ2) is 6.12. The van der Waals surface area contributed by atoms with Gasteiger partial charge in [0.1, 0.15) is 0 Å². The summed E-state index contributed by atoms with van der Waals surface area (Å²) in [6.07, 6.45) is 3.82. The van der Waals surface area contributed by atoms with Crippen LogP contribution in [0.4, 0.5) is 0 Å². The fraction of sp³-hybridized carbons (Fsp3) is 0.500. The van der Waals surface area contributed by atoms with Crippen molar-refractivity contribution < 1.29 is 0 Å². The molecule has 0 amide bonds. The van der Waals surface area contributed by atoms with E-state index in [0.717, 1.165) is 24.3 Å². The molecule has 21 heavy (non-hydrogen) atoms. The first kappa shape index (κ1) is 14.5. The number of aryl methyl sites for hydroxylation is 1. The van der Waals surface area contributed by atoms with Crippen molar-refractivity contribution in [3.05, 3.63) is 41.6 Å². The lowest BCUT2D eigenvalue weighted by molar-refractivity contribution is 0.0893. The van der Waals surface area contributed by atoms with Crippen molar-refractivity contribution in [2.75, 3.05) is 6.54 Å². The summed E-state index contributed by atoms with van der Waals surface area (Å²) in [5, 5.41) is 1.23. The summed E-state index contributed by atoms with van der Waals surface area (Å²) in [4.78, 5) is 7.15. The van der Waals surface area contributed by atoms with Gasteiger partial charge in [-0.15, -0.1) is 0 Å². The lowest BCUT2D eigenvalue weighted by atomic mass is 9.95. The van der Waals surface area contributed by atoms with E-state index in [1.54, 1.807) is 0 Å². The number of fused-ring (bicyclic) bond motifs is 1. The summed E-state index contributed by atoms with van der Waals surface area (Å²) < 4.78 is 0. The highest BCUT2D eigenvalue weighted by molar-refractivity contribution is 5.79. The predicted molar refractivity (Wildman–Crippen MR) is 88.2 cm³/mol. The highest BCUT2D eigenvalue weighted by atomic mass is 15.2. The molecule has 2 heterocycles. The first-order valence-electron chi connectivity index (χ1n) is 7.99. The minimum atomic E-state index is 0.528. The average molecular weight is 283 g/mol. The molecule has 2 unspecified atom stereocenters. The van der Waals surface area contributed by atoms with E-state index in [-0.39, 0.29) is 0 Å². The molecule has 1 fully saturated rings. The van der Waals surface area contributed by atoms with Gasteiger partial charge in [0.25, 0.3) is 0 Å². The van der Waals surface area contributed by atoms with E-state index in [2.05, 4.69) is 47.1 Å². The number of benzene rings is 1. The van der Waals surface area contributed by atoms with Crippen LogP contribution in [0.5, 0.6) is 0 Å². The lowest BCUT2D eigenvalue weighted by Crippen LogP contribution is -2.48. The molecule has 2 N–H and O–H groups in total. The highest BCUT2D eigenvalue weighted by Crippen LogP contribution is 2.25.